The first-order valence-electron chi connectivity index (χ1n) is 8.33. The highest BCUT2D eigenvalue weighted by Crippen LogP contribution is 2.31. The molecule has 0 radical (unpaired) electrons. The van der Waals surface area contributed by atoms with Gasteiger partial charge in [0.1, 0.15) is 17.2 Å². The number of fused-ring (bicyclic) bond motifs is 3. The summed E-state index contributed by atoms with van der Waals surface area (Å²) in [6.07, 6.45) is 0. The molecule has 0 aliphatic rings. The van der Waals surface area contributed by atoms with Crippen LogP contribution in [0.4, 0.5) is 0 Å². The molecule has 0 saturated heterocycles. The van der Waals surface area contributed by atoms with Crippen molar-refractivity contribution in [2.75, 3.05) is 0 Å². The molecule has 2 aromatic carbocycles. The predicted molar refractivity (Wildman–Crippen MR) is 103 cm³/mol. The first kappa shape index (κ1) is 19.6. The monoisotopic (exact) mass is 405 g/mol. The number of furan rings is 1. The summed E-state index contributed by atoms with van der Waals surface area (Å²) >= 11 is 0. The normalized spacial score (nSPS) is 14.0. The summed E-state index contributed by atoms with van der Waals surface area (Å²) < 4.78 is 33.1. The Balaban J connectivity index is 2.07. The maximum atomic E-state index is 12.6. The van der Waals surface area contributed by atoms with Crippen LogP contribution < -0.4 is 10.5 Å². The number of oxime groups is 1. The summed E-state index contributed by atoms with van der Waals surface area (Å²) in [4.78, 5) is 11.2. The van der Waals surface area contributed by atoms with E-state index in [0.29, 0.717) is 27.5 Å². The van der Waals surface area contributed by atoms with E-state index in [2.05, 4.69) is 9.88 Å². The highest BCUT2D eigenvalue weighted by molar-refractivity contribution is 7.89. The van der Waals surface area contributed by atoms with Crippen molar-refractivity contribution >= 4 is 43.8 Å². The number of rotatable bonds is 6. The van der Waals surface area contributed by atoms with Gasteiger partial charge in [0.05, 0.1) is 4.90 Å². The average Bonchev–Trinajstić information content (AvgIpc) is 3.02. The smallest absolute Gasteiger partial charge is 0.322 e. The minimum atomic E-state index is -4.07. The van der Waals surface area contributed by atoms with Crippen molar-refractivity contribution in [3.05, 3.63) is 42.0 Å². The largest absolute Gasteiger partial charge is 0.480 e. The molecule has 0 amide bonds. The molecule has 0 fully saturated rings. The van der Waals surface area contributed by atoms with Gasteiger partial charge in [0, 0.05) is 22.4 Å². The van der Waals surface area contributed by atoms with Gasteiger partial charge in [-0.3, -0.25) is 4.79 Å². The van der Waals surface area contributed by atoms with E-state index in [1.54, 1.807) is 38.1 Å². The average molecular weight is 405 g/mol. The first-order valence-corrected chi connectivity index (χ1v) is 9.81. The van der Waals surface area contributed by atoms with Gasteiger partial charge in [-0.2, -0.15) is 4.72 Å². The maximum absolute atomic E-state index is 12.6. The van der Waals surface area contributed by atoms with E-state index in [1.165, 1.54) is 12.1 Å². The number of carboxylic acid groups (broad SMARTS) is 1. The van der Waals surface area contributed by atoms with Gasteiger partial charge in [-0.05, 0) is 36.2 Å². The van der Waals surface area contributed by atoms with Crippen LogP contribution in [0.2, 0.25) is 0 Å². The molecular formula is C18H19N3O6S. The summed E-state index contributed by atoms with van der Waals surface area (Å²) in [5.74, 6) is -1.74. The summed E-state index contributed by atoms with van der Waals surface area (Å²) in [6, 6.07) is 7.93. The van der Waals surface area contributed by atoms with Crippen molar-refractivity contribution in [2.24, 2.45) is 16.8 Å². The Morgan fingerprint density at radius 3 is 2.46 bits per heavy atom. The van der Waals surface area contributed by atoms with Crippen LogP contribution in [0, 0.1) is 5.92 Å². The van der Waals surface area contributed by atoms with Crippen molar-refractivity contribution < 1.29 is 27.9 Å². The molecule has 0 saturated carbocycles. The van der Waals surface area contributed by atoms with Gasteiger partial charge in [-0.25, -0.2) is 8.42 Å². The SMILES string of the molecule is CC(C)[C@H](NS(=O)(=O)c1ccc2c(c1)oc1ccc(/C(N)=N\O)cc12)C(=O)O. The Labute approximate surface area is 160 Å². The fourth-order valence-electron chi connectivity index (χ4n) is 2.85. The number of hydrogen-bond donors (Lipinski definition) is 4. The van der Waals surface area contributed by atoms with Gasteiger partial charge in [-0.15, -0.1) is 0 Å². The zero-order valence-electron chi connectivity index (χ0n) is 15.1. The molecule has 9 nitrogen and oxygen atoms in total. The molecule has 148 valence electrons. The number of nitrogens with zero attached hydrogens (tertiary/aromatic N) is 1. The maximum Gasteiger partial charge on any atom is 0.322 e. The Kier molecular flexibility index (Phi) is 5.01. The van der Waals surface area contributed by atoms with E-state index < -0.39 is 28.0 Å². The van der Waals surface area contributed by atoms with Crippen LogP contribution >= 0.6 is 0 Å². The molecule has 0 unspecified atom stereocenters. The standard InChI is InChI=1S/C18H19N3O6S/c1-9(2)16(18(22)23)21-28(25,26)11-4-5-12-13-7-10(17(19)20-24)3-6-14(13)27-15(12)8-11/h3-9,16,21,24H,1-2H3,(H2,19,20)(H,22,23)/t16-/m0/s1. The molecule has 10 heteroatoms. The number of nitrogens with one attached hydrogen (secondary N) is 1. The van der Waals surface area contributed by atoms with E-state index >= 15 is 0 Å². The molecule has 3 rings (SSSR count). The van der Waals surface area contributed by atoms with Gasteiger partial charge in [-0.1, -0.05) is 19.0 Å². The van der Waals surface area contributed by atoms with Gasteiger partial charge >= 0.3 is 5.97 Å². The highest BCUT2D eigenvalue weighted by Gasteiger charge is 2.28. The number of carbonyl (C=O) groups is 1. The van der Waals surface area contributed by atoms with Crippen LogP contribution in [0.3, 0.4) is 0 Å². The molecule has 3 aromatic rings. The summed E-state index contributed by atoms with van der Waals surface area (Å²) in [6.45, 7) is 3.23. The molecule has 0 aliphatic heterocycles. The Morgan fingerprint density at radius 2 is 1.86 bits per heavy atom. The number of sulfonamides is 1. The number of amidine groups is 1. The molecule has 1 atom stereocenters. The number of nitrogens with two attached hydrogens (primary N) is 1. The fraction of sp³-hybridized carbons (Fsp3) is 0.222. The Bertz CT molecular complexity index is 1200. The van der Waals surface area contributed by atoms with E-state index in [9.17, 15) is 18.3 Å². The summed E-state index contributed by atoms with van der Waals surface area (Å²) in [5, 5.41) is 22.3. The van der Waals surface area contributed by atoms with Crippen molar-refractivity contribution in [2.45, 2.75) is 24.8 Å². The summed E-state index contributed by atoms with van der Waals surface area (Å²) in [7, 11) is -4.07. The van der Waals surface area contributed by atoms with Gasteiger partial charge in [0.25, 0.3) is 0 Å². The molecule has 5 N–H and O–H groups in total. The number of carboxylic acids is 1. The minimum absolute atomic E-state index is 0.0620. The van der Waals surface area contributed by atoms with E-state index in [-0.39, 0.29) is 10.7 Å². The van der Waals surface area contributed by atoms with E-state index in [4.69, 9.17) is 15.4 Å². The van der Waals surface area contributed by atoms with Crippen molar-refractivity contribution in [1.82, 2.24) is 4.72 Å². The molecule has 1 aromatic heterocycles. The second-order valence-corrected chi connectivity index (χ2v) is 8.35. The number of aliphatic carboxylic acids is 1. The first-order chi connectivity index (χ1) is 13.1. The molecule has 1 heterocycles. The second kappa shape index (κ2) is 7.13. The van der Waals surface area contributed by atoms with Gasteiger partial charge in [0.15, 0.2) is 5.84 Å². The lowest BCUT2D eigenvalue weighted by molar-refractivity contribution is -0.140. The van der Waals surface area contributed by atoms with Crippen LogP contribution in [-0.4, -0.2) is 36.6 Å². The second-order valence-electron chi connectivity index (χ2n) is 6.64. The van der Waals surface area contributed by atoms with Crippen LogP contribution in [0.1, 0.15) is 19.4 Å². The topological polar surface area (TPSA) is 155 Å². The Hall–Kier alpha value is -3.11. The van der Waals surface area contributed by atoms with Gasteiger partial charge < -0.3 is 20.5 Å². The zero-order chi connectivity index (χ0) is 20.6. The third-order valence-electron chi connectivity index (χ3n) is 4.37. The number of hydrogen-bond acceptors (Lipinski definition) is 6. The number of benzene rings is 2. The summed E-state index contributed by atoms with van der Waals surface area (Å²) in [5.41, 5.74) is 6.90. The third kappa shape index (κ3) is 3.51. The third-order valence-corrected chi connectivity index (χ3v) is 5.81. The quantitative estimate of drug-likeness (QED) is 0.212. The van der Waals surface area contributed by atoms with Crippen LogP contribution in [-0.2, 0) is 14.8 Å². The lowest BCUT2D eigenvalue weighted by atomic mass is 10.1. The van der Waals surface area contributed by atoms with Crippen LogP contribution in [0.25, 0.3) is 21.9 Å². The van der Waals surface area contributed by atoms with Crippen molar-refractivity contribution in [1.29, 1.82) is 0 Å². The highest BCUT2D eigenvalue weighted by atomic mass is 32.2. The van der Waals surface area contributed by atoms with Crippen LogP contribution in [0.5, 0.6) is 0 Å². The minimum Gasteiger partial charge on any atom is -0.480 e. The van der Waals surface area contributed by atoms with Crippen LogP contribution in [0.15, 0.2) is 50.9 Å². The van der Waals surface area contributed by atoms with E-state index in [1.807, 2.05) is 0 Å². The molecule has 0 aliphatic carbocycles. The van der Waals surface area contributed by atoms with E-state index in [0.717, 1.165) is 0 Å². The molecular weight excluding hydrogens is 386 g/mol. The fourth-order valence-corrected chi connectivity index (χ4v) is 4.20. The van der Waals surface area contributed by atoms with Gasteiger partial charge in [0.2, 0.25) is 10.0 Å². The predicted octanol–water partition coefficient (Wildman–Crippen LogP) is 2.07. The molecule has 0 bridgehead atoms. The van der Waals surface area contributed by atoms with Crippen molar-refractivity contribution in [3.8, 4) is 0 Å². The van der Waals surface area contributed by atoms with Crippen molar-refractivity contribution in [3.63, 3.8) is 0 Å². The lowest BCUT2D eigenvalue weighted by Gasteiger charge is -2.17. The lowest BCUT2D eigenvalue weighted by Crippen LogP contribution is -2.44. The Morgan fingerprint density at radius 1 is 1.14 bits per heavy atom. The molecule has 0 spiro atoms. The zero-order valence-corrected chi connectivity index (χ0v) is 15.9. The molecule has 28 heavy (non-hydrogen) atoms.